The standard InChI is InChI=1S/C21H19ClN4OS/c1-13-17(9-16(23-4)10-24-13)19(27)25-12-21(2,3)20-26-18(11-28-20)14-5-7-15(22)8-6-14/h5-11H,12H2,1-3H3,(H,25,27). The van der Waals surface area contributed by atoms with Crippen LogP contribution in [-0.2, 0) is 5.41 Å². The zero-order chi connectivity index (χ0) is 20.3. The van der Waals surface area contributed by atoms with Crippen molar-refractivity contribution in [1.29, 1.82) is 0 Å². The molecule has 3 rings (SSSR count). The highest BCUT2D eigenvalue weighted by Crippen LogP contribution is 2.30. The Labute approximate surface area is 173 Å². The average Bonchev–Trinajstić information content (AvgIpc) is 3.18. The summed E-state index contributed by atoms with van der Waals surface area (Å²) in [4.78, 5) is 24.8. The maximum Gasteiger partial charge on any atom is 0.251 e. The van der Waals surface area contributed by atoms with E-state index in [-0.39, 0.29) is 11.3 Å². The normalized spacial score (nSPS) is 11.1. The second-order valence-electron chi connectivity index (χ2n) is 7.05. The molecule has 0 fully saturated rings. The lowest BCUT2D eigenvalue weighted by Gasteiger charge is -2.22. The molecule has 7 heteroatoms. The fourth-order valence-corrected chi connectivity index (χ4v) is 3.70. The van der Waals surface area contributed by atoms with E-state index in [0.717, 1.165) is 16.3 Å². The molecule has 3 aromatic rings. The molecular weight excluding hydrogens is 392 g/mol. The molecule has 1 amide bonds. The summed E-state index contributed by atoms with van der Waals surface area (Å²) in [5.74, 6) is -0.238. The Morgan fingerprint density at radius 2 is 2.04 bits per heavy atom. The Morgan fingerprint density at radius 3 is 2.71 bits per heavy atom. The second kappa shape index (κ2) is 8.09. The van der Waals surface area contributed by atoms with Gasteiger partial charge in [0.25, 0.3) is 5.91 Å². The van der Waals surface area contributed by atoms with Crippen LogP contribution in [0.25, 0.3) is 16.1 Å². The number of hydrogen-bond acceptors (Lipinski definition) is 4. The van der Waals surface area contributed by atoms with Gasteiger partial charge in [-0.2, -0.15) is 0 Å². The van der Waals surface area contributed by atoms with Crippen LogP contribution in [-0.4, -0.2) is 22.4 Å². The van der Waals surface area contributed by atoms with Crippen LogP contribution in [0.4, 0.5) is 5.69 Å². The highest BCUT2D eigenvalue weighted by Gasteiger charge is 2.26. The summed E-state index contributed by atoms with van der Waals surface area (Å²) in [5, 5.41) is 6.59. The molecule has 0 saturated heterocycles. The van der Waals surface area contributed by atoms with E-state index in [1.54, 1.807) is 24.3 Å². The van der Waals surface area contributed by atoms with Crippen molar-refractivity contribution in [3.63, 3.8) is 0 Å². The smallest absolute Gasteiger partial charge is 0.251 e. The number of nitrogens with one attached hydrogen (secondary N) is 1. The Hall–Kier alpha value is -2.75. The van der Waals surface area contributed by atoms with Gasteiger partial charge in [-0.25, -0.2) is 9.83 Å². The summed E-state index contributed by atoms with van der Waals surface area (Å²) < 4.78 is 0. The highest BCUT2D eigenvalue weighted by atomic mass is 35.5. The molecule has 0 spiro atoms. The Kier molecular flexibility index (Phi) is 5.78. The van der Waals surface area contributed by atoms with Gasteiger partial charge in [0.2, 0.25) is 5.69 Å². The summed E-state index contributed by atoms with van der Waals surface area (Å²) in [5.41, 5.74) is 2.92. The van der Waals surface area contributed by atoms with Crippen molar-refractivity contribution in [3.05, 3.63) is 74.6 Å². The minimum atomic E-state index is -0.344. The number of carbonyl (C=O) groups is 1. The summed E-state index contributed by atoms with van der Waals surface area (Å²) in [6.45, 7) is 13.3. The lowest BCUT2D eigenvalue weighted by Crippen LogP contribution is -2.37. The molecule has 1 N–H and O–H groups in total. The number of aromatic nitrogens is 2. The number of hydrogen-bond donors (Lipinski definition) is 1. The molecule has 0 aliphatic heterocycles. The number of rotatable bonds is 5. The van der Waals surface area contributed by atoms with E-state index in [1.807, 2.05) is 43.5 Å². The molecule has 142 valence electrons. The number of aryl methyl sites for hydroxylation is 1. The number of nitrogens with zero attached hydrogens (tertiary/aromatic N) is 3. The SMILES string of the molecule is [C-]#[N+]c1cnc(C)c(C(=O)NCC(C)(C)c2nc(-c3ccc(Cl)cc3)cs2)c1. The molecule has 2 aromatic heterocycles. The van der Waals surface area contributed by atoms with Crippen LogP contribution in [0.3, 0.4) is 0 Å². The van der Waals surface area contributed by atoms with Crippen molar-refractivity contribution in [1.82, 2.24) is 15.3 Å². The molecule has 0 radical (unpaired) electrons. The summed E-state index contributed by atoms with van der Waals surface area (Å²) in [6, 6.07) is 9.13. The van der Waals surface area contributed by atoms with E-state index in [0.29, 0.717) is 28.5 Å². The van der Waals surface area contributed by atoms with Crippen LogP contribution in [0.1, 0.15) is 34.9 Å². The maximum atomic E-state index is 12.6. The number of pyridine rings is 1. The number of halogens is 1. The molecule has 0 aliphatic carbocycles. The first-order valence-electron chi connectivity index (χ1n) is 8.64. The van der Waals surface area contributed by atoms with Gasteiger partial charge in [-0.05, 0) is 25.1 Å². The van der Waals surface area contributed by atoms with Crippen molar-refractivity contribution in [3.8, 4) is 11.3 Å². The van der Waals surface area contributed by atoms with E-state index in [2.05, 4.69) is 15.1 Å². The lowest BCUT2D eigenvalue weighted by atomic mass is 9.94. The van der Waals surface area contributed by atoms with Crippen LogP contribution in [0.15, 0.2) is 41.9 Å². The van der Waals surface area contributed by atoms with Gasteiger partial charge in [0.05, 0.1) is 17.8 Å². The molecule has 0 atom stereocenters. The minimum absolute atomic E-state index is 0.238. The van der Waals surface area contributed by atoms with E-state index in [4.69, 9.17) is 23.2 Å². The van der Waals surface area contributed by atoms with Gasteiger partial charge in [-0.3, -0.25) is 9.78 Å². The number of benzene rings is 1. The van der Waals surface area contributed by atoms with Gasteiger partial charge in [-0.1, -0.05) is 37.6 Å². The first-order chi connectivity index (χ1) is 13.3. The van der Waals surface area contributed by atoms with Crippen LogP contribution in [0.2, 0.25) is 5.02 Å². The van der Waals surface area contributed by atoms with Crippen molar-refractivity contribution >= 4 is 34.5 Å². The van der Waals surface area contributed by atoms with Crippen molar-refractivity contribution in [2.45, 2.75) is 26.2 Å². The average molecular weight is 411 g/mol. The van der Waals surface area contributed by atoms with Crippen LogP contribution >= 0.6 is 22.9 Å². The largest absolute Gasteiger partial charge is 0.351 e. The lowest BCUT2D eigenvalue weighted by molar-refractivity contribution is 0.0944. The highest BCUT2D eigenvalue weighted by molar-refractivity contribution is 7.10. The van der Waals surface area contributed by atoms with E-state index in [9.17, 15) is 4.79 Å². The molecule has 2 heterocycles. The summed E-state index contributed by atoms with van der Waals surface area (Å²) in [6.07, 6.45) is 1.47. The van der Waals surface area contributed by atoms with Crippen LogP contribution < -0.4 is 5.32 Å². The van der Waals surface area contributed by atoms with Crippen molar-refractivity contribution < 1.29 is 4.79 Å². The fourth-order valence-electron chi connectivity index (χ4n) is 2.62. The molecule has 5 nitrogen and oxygen atoms in total. The zero-order valence-electron chi connectivity index (χ0n) is 15.8. The van der Waals surface area contributed by atoms with Crippen molar-refractivity contribution in [2.24, 2.45) is 0 Å². The maximum absolute atomic E-state index is 12.6. The molecule has 28 heavy (non-hydrogen) atoms. The van der Waals surface area contributed by atoms with Crippen LogP contribution in [0, 0.1) is 13.5 Å². The second-order valence-corrected chi connectivity index (χ2v) is 8.34. The molecule has 0 unspecified atom stereocenters. The van der Waals surface area contributed by atoms with Gasteiger partial charge < -0.3 is 5.32 Å². The number of amides is 1. The van der Waals surface area contributed by atoms with Gasteiger partial charge in [0, 0.05) is 39.8 Å². The summed E-state index contributed by atoms with van der Waals surface area (Å²) >= 11 is 7.51. The topological polar surface area (TPSA) is 59.2 Å². The Bertz CT molecular complexity index is 1050. The quantitative estimate of drug-likeness (QED) is 0.571. The van der Waals surface area contributed by atoms with Gasteiger partial charge >= 0.3 is 0 Å². The Morgan fingerprint density at radius 1 is 1.32 bits per heavy atom. The third-order valence-electron chi connectivity index (χ3n) is 4.36. The first-order valence-corrected chi connectivity index (χ1v) is 9.90. The molecule has 0 saturated carbocycles. The molecular formula is C21H19ClN4OS. The fraction of sp³-hybridized carbons (Fsp3) is 0.238. The molecule has 0 aliphatic rings. The monoisotopic (exact) mass is 410 g/mol. The summed E-state index contributed by atoms with van der Waals surface area (Å²) in [7, 11) is 0. The van der Waals surface area contributed by atoms with E-state index >= 15 is 0 Å². The first kappa shape index (κ1) is 20.0. The van der Waals surface area contributed by atoms with E-state index in [1.165, 1.54) is 6.20 Å². The molecule has 0 bridgehead atoms. The number of carbonyl (C=O) groups excluding carboxylic acids is 1. The van der Waals surface area contributed by atoms with Crippen molar-refractivity contribution in [2.75, 3.05) is 6.54 Å². The predicted molar refractivity (Wildman–Crippen MR) is 113 cm³/mol. The molecule has 1 aromatic carbocycles. The minimum Gasteiger partial charge on any atom is -0.351 e. The number of thiazole rings is 1. The van der Waals surface area contributed by atoms with Gasteiger partial charge in [0.15, 0.2) is 0 Å². The Balaban J connectivity index is 1.73. The van der Waals surface area contributed by atoms with E-state index < -0.39 is 0 Å². The predicted octanol–water partition coefficient (Wildman–Crippen LogP) is 5.43. The van der Waals surface area contributed by atoms with Crippen LogP contribution in [0.5, 0.6) is 0 Å². The zero-order valence-corrected chi connectivity index (χ0v) is 17.4. The van der Waals surface area contributed by atoms with Gasteiger partial charge in [0.1, 0.15) is 5.01 Å². The van der Waals surface area contributed by atoms with Gasteiger partial charge in [-0.15, -0.1) is 11.3 Å². The third-order valence-corrected chi connectivity index (χ3v) is 5.82. The third kappa shape index (κ3) is 4.38.